The lowest BCUT2D eigenvalue weighted by Gasteiger charge is -2.19. The first-order valence-corrected chi connectivity index (χ1v) is 5.96. The molecule has 2 N–H and O–H groups in total. The highest BCUT2D eigenvalue weighted by Crippen LogP contribution is 2.21. The van der Waals surface area contributed by atoms with Gasteiger partial charge in [0.05, 0.1) is 11.1 Å². The highest BCUT2D eigenvalue weighted by Gasteiger charge is 2.14. The van der Waals surface area contributed by atoms with Gasteiger partial charge in [-0.05, 0) is 43.3 Å². The van der Waals surface area contributed by atoms with Crippen LogP contribution in [0.3, 0.4) is 0 Å². The SMILES string of the molecule is CC(C)C(C)OC(=S)c1ccc(N)cc1Cl. The number of ether oxygens (including phenoxy) is 1. The van der Waals surface area contributed by atoms with Crippen LogP contribution in [0, 0.1) is 5.92 Å². The quantitative estimate of drug-likeness (QED) is 0.663. The molecule has 0 bridgehead atoms. The van der Waals surface area contributed by atoms with Crippen molar-refractivity contribution in [2.45, 2.75) is 26.9 Å². The molecular weight excluding hydrogens is 242 g/mol. The monoisotopic (exact) mass is 257 g/mol. The van der Waals surface area contributed by atoms with Gasteiger partial charge in [-0.1, -0.05) is 25.4 Å². The van der Waals surface area contributed by atoms with Crippen LogP contribution in [0.5, 0.6) is 0 Å². The fourth-order valence-electron chi connectivity index (χ4n) is 1.07. The fourth-order valence-corrected chi connectivity index (χ4v) is 1.73. The van der Waals surface area contributed by atoms with Crippen molar-refractivity contribution in [3.05, 3.63) is 28.8 Å². The zero-order valence-corrected chi connectivity index (χ0v) is 11.2. The van der Waals surface area contributed by atoms with Gasteiger partial charge in [-0.3, -0.25) is 0 Å². The second-order valence-corrected chi connectivity index (χ2v) is 4.87. The van der Waals surface area contributed by atoms with E-state index in [1.165, 1.54) is 0 Å². The summed E-state index contributed by atoms with van der Waals surface area (Å²) in [4.78, 5) is 0. The van der Waals surface area contributed by atoms with E-state index in [-0.39, 0.29) is 6.10 Å². The molecular formula is C12H16ClNOS. The number of nitrogen functional groups attached to an aromatic ring is 1. The lowest BCUT2D eigenvalue weighted by atomic mass is 10.1. The van der Waals surface area contributed by atoms with Crippen molar-refractivity contribution in [2.75, 3.05) is 5.73 Å². The van der Waals surface area contributed by atoms with Gasteiger partial charge in [0.15, 0.2) is 5.05 Å². The van der Waals surface area contributed by atoms with Gasteiger partial charge in [0.2, 0.25) is 0 Å². The lowest BCUT2D eigenvalue weighted by Crippen LogP contribution is -2.19. The molecule has 2 nitrogen and oxygen atoms in total. The first-order chi connectivity index (χ1) is 7.41. The Balaban J connectivity index is 2.81. The van der Waals surface area contributed by atoms with E-state index in [4.69, 9.17) is 34.3 Å². The third-order valence-electron chi connectivity index (χ3n) is 2.44. The summed E-state index contributed by atoms with van der Waals surface area (Å²) in [6.07, 6.45) is 0.0705. The summed E-state index contributed by atoms with van der Waals surface area (Å²) in [5.41, 5.74) is 6.95. The first-order valence-electron chi connectivity index (χ1n) is 5.18. The molecule has 0 spiro atoms. The Morgan fingerprint density at radius 1 is 1.38 bits per heavy atom. The topological polar surface area (TPSA) is 35.2 Å². The molecule has 0 aliphatic carbocycles. The van der Waals surface area contributed by atoms with Crippen LogP contribution < -0.4 is 5.73 Å². The molecule has 16 heavy (non-hydrogen) atoms. The van der Waals surface area contributed by atoms with E-state index in [0.717, 1.165) is 5.56 Å². The van der Waals surface area contributed by atoms with Crippen molar-refractivity contribution < 1.29 is 4.74 Å². The number of anilines is 1. The van der Waals surface area contributed by atoms with Crippen LogP contribution in [0.4, 0.5) is 5.69 Å². The number of benzene rings is 1. The Hall–Kier alpha value is -0.800. The maximum absolute atomic E-state index is 6.04. The van der Waals surface area contributed by atoms with Crippen molar-refractivity contribution in [1.82, 2.24) is 0 Å². The minimum Gasteiger partial charge on any atom is -0.480 e. The fraction of sp³-hybridized carbons (Fsp3) is 0.417. The average molecular weight is 258 g/mol. The molecule has 0 aliphatic heterocycles. The van der Waals surface area contributed by atoms with Gasteiger partial charge in [-0.25, -0.2) is 0 Å². The van der Waals surface area contributed by atoms with E-state index in [0.29, 0.717) is 21.7 Å². The lowest BCUT2D eigenvalue weighted by molar-refractivity contribution is 0.163. The van der Waals surface area contributed by atoms with E-state index in [1.54, 1.807) is 18.2 Å². The summed E-state index contributed by atoms with van der Waals surface area (Å²) in [7, 11) is 0. The molecule has 1 aromatic rings. The average Bonchev–Trinajstić information content (AvgIpc) is 2.16. The molecule has 0 saturated carbocycles. The van der Waals surface area contributed by atoms with E-state index >= 15 is 0 Å². The molecule has 0 aromatic heterocycles. The number of thiocarbonyl (C=S) groups is 1. The van der Waals surface area contributed by atoms with Gasteiger partial charge in [0, 0.05) is 11.3 Å². The van der Waals surface area contributed by atoms with Crippen molar-refractivity contribution in [1.29, 1.82) is 0 Å². The molecule has 0 amide bonds. The highest BCUT2D eigenvalue weighted by molar-refractivity contribution is 7.80. The number of nitrogens with two attached hydrogens (primary N) is 1. The Labute approximate surface area is 107 Å². The predicted molar refractivity (Wildman–Crippen MR) is 72.9 cm³/mol. The van der Waals surface area contributed by atoms with Crippen LogP contribution in [0.15, 0.2) is 18.2 Å². The van der Waals surface area contributed by atoms with Gasteiger partial charge in [-0.2, -0.15) is 0 Å². The standard InChI is InChI=1S/C12H16ClNOS/c1-7(2)8(3)15-12(16)10-5-4-9(14)6-11(10)13/h4-8H,14H2,1-3H3. The van der Waals surface area contributed by atoms with Gasteiger partial charge >= 0.3 is 0 Å². The number of hydrogen-bond donors (Lipinski definition) is 1. The largest absolute Gasteiger partial charge is 0.480 e. The molecule has 0 fully saturated rings. The number of rotatable bonds is 3. The number of hydrogen-bond acceptors (Lipinski definition) is 3. The van der Waals surface area contributed by atoms with Crippen LogP contribution in [-0.4, -0.2) is 11.2 Å². The molecule has 1 atom stereocenters. The Bertz CT molecular complexity index is 393. The van der Waals surface area contributed by atoms with Crippen molar-refractivity contribution in [3.63, 3.8) is 0 Å². The van der Waals surface area contributed by atoms with Crippen LogP contribution in [-0.2, 0) is 4.74 Å². The molecule has 88 valence electrons. The third-order valence-corrected chi connectivity index (χ3v) is 3.07. The van der Waals surface area contributed by atoms with Crippen LogP contribution in [0.2, 0.25) is 5.02 Å². The summed E-state index contributed by atoms with van der Waals surface area (Å²) in [6, 6.07) is 5.22. The second-order valence-electron chi connectivity index (χ2n) is 4.09. The zero-order valence-electron chi connectivity index (χ0n) is 9.66. The number of halogens is 1. The Kier molecular flexibility index (Phi) is 4.56. The summed E-state index contributed by atoms with van der Waals surface area (Å²) in [5, 5.41) is 0.951. The van der Waals surface area contributed by atoms with E-state index in [1.807, 2.05) is 6.92 Å². The summed E-state index contributed by atoms with van der Waals surface area (Å²) >= 11 is 11.2. The summed E-state index contributed by atoms with van der Waals surface area (Å²) in [5.74, 6) is 0.408. The Morgan fingerprint density at radius 2 is 2.00 bits per heavy atom. The smallest absolute Gasteiger partial charge is 0.192 e. The Morgan fingerprint density at radius 3 is 2.50 bits per heavy atom. The van der Waals surface area contributed by atoms with Crippen LogP contribution >= 0.6 is 23.8 Å². The zero-order chi connectivity index (χ0) is 12.3. The minimum absolute atomic E-state index is 0.0705. The normalized spacial score (nSPS) is 12.6. The first kappa shape index (κ1) is 13.3. The van der Waals surface area contributed by atoms with Gasteiger partial charge in [0.1, 0.15) is 0 Å². The van der Waals surface area contributed by atoms with Gasteiger partial charge in [0.25, 0.3) is 0 Å². The predicted octanol–water partition coefficient (Wildman–Crippen LogP) is 3.66. The maximum atomic E-state index is 6.04. The van der Waals surface area contributed by atoms with Gasteiger partial charge < -0.3 is 10.5 Å². The molecule has 0 saturated heterocycles. The molecule has 1 rings (SSSR count). The maximum Gasteiger partial charge on any atom is 0.192 e. The van der Waals surface area contributed by atoms with E-state index < -0.39 is 0 Å². The van der Waals surface area contributed by atoms with E-state index in [9.17, 15) is 0 Å². The van der Waals surface area contributed by atoms with Crippen molar-refractivity contribution in [3.8, 4) is 0 Å². The van der Waals surface area contributed by atoms with Crippen LogP contribution in [0.25, 0.3) is 0 Å². The van der Waals surface area contributed by atoms with Crippen LogP contribution in [0.1, 0.15) is 26.3 Å². The molecule has 0 radical (unpaired) electrons. The third kappa shape index (κ3) is 3.35. The summed E-state index contributed by atoms with van der Waals surface area (Å²) < 4.78 is 5.62. The highest BCUT2D eigenvalue weighted by atomic mass is 35.5. The molecule has 1 aromatic carbocycles. The molecule has 1 unspecified atom stereocenters. The summed E-state index contributed by atoms with van der Waals surface area (Å²) in [6.45, 7) is 6.15. The van der Waals surface area contributed by atoms with Crippen molar-refractivity contribution in [2.24, 2.45) is 5.92 Å². The minimum atomic E-state index is 0.0705. The van der Waals surface area contributed by atoms with Gasteiger partial charge in [-0.15, -0.1) is 0 Å². The molecule has 4 heteroatoms. The van der Waals surface area contributed by atoms with Crippen molar-refractivity contribution >= 4 is 34.6 Å². The molecule has 0 aliphatic rings. The molecule has 0 heterocycles. The second kappa shape index (κ2) is 5.51. The van der Waals surface area contributed by atoms with E-state index in [2.05, 4.69) is 13.8 Å².